The van der Waals surface area contributed by atoms with Crippen LogP contribution in [-0.2, 0) is 25.7 Å². The van der Waals surface area contributed by atoms with Crippen molar-refractivity contribution in [3.05, 3.63) is 108 Å². The van der Waals surface area contributed by atoms with Gasteiger partial charge < -0.3 is 9.84 Å². The van der Waals surface area contributed by atoms with E-state index in [1.54, 1.807) is 17.0 Å². The van der Waals surface area contributed by atoms with Crippen molar-refractivity contribution in [2.45, 2.75) is 51.1 Å². The summed E-state index contributed by atoms with van der Waals surface area (Å²) < 4.78 is 5.63. The van der Waals surface area contributed by atoms with Crippen molar-refractivity contribution >= 4 is 29.3 Å². The van der Waals surface area contributed by atoms with E-state index in [1.807, 2.05) is 67.6 Å². The van der Waals surface area contributed by atoms with E-state index in [1.165, 1.54) is 10.5 Å². The van der Waals surface area contributed by atoms with Gasteiger partial charge >= 0.3 is 0 Å². The minimum Gasteiger partial charge on any atom is -0.491 e. The van der Waals surface area contributed by atoms with Crippen LogP contribution >= 0.6 is 0 Å². The first kappa shape index (κ1) is 32.6. The monoisotopic (exact) mass is 673 g/mol. The number of anilines is 1. The number of rotatable bonds is 8. The average molecular weight is 674 g/mol. The number of ether oxygens (including phenoxy) is 1. The fourth-order valence-corrected chi connectivity index (χ4v) is 9.70. The third-order valence-corrected chi connectivity index (χ3v) is 12.1. The van der Waals surface area contributed by atoms with Crippen LogP contribution in [0.5, 0.6) is 5.75 Å². The minimum absolute atomic E-state index is 0.0909. The second-order valence-electron chi connectivity index (χ2n) is 14.7. The second kappa shape index (κ2) is 12.9. The van der Waals surface area contributed by atoms with Gasteiger partial charge in [-0.1, -0.05) is 72.3 Å². The second-order valence-corrected chi connectivity index (χ2v) is 14.7. The number of likely N-dealkylation sites (tertiary alicyclic amines) is 2. The quantitative estimate of drug-likeness (QED) is 0.266. The highest BCUT2D eigenvalue weighted by atomic mass is 16.5. The Bertz CT molecular complexity index is 1820. The smallest absolute Gasteiger partial charge is 0.241 e. The highest BCUT2D eigenvalue weighted by molar-refractivity contribution is 6.24. The van der Waals surface area contributed by atoms with Crippen molar-refractivity contribution in [3.63, 3.8) is 0 Å². The molecular weight excluding hydrogens is 630 g/mol. The number of nitrogens with zero attached hydrogens (tertiary/aromatic N) is 3. The molecule has 0 spiro atoms. The highest BCUT2D eigenvalue weighted by Crippen LogP contribution is 2.63. The van der Waals surface area contributed by atoms with Gasteiger partial charge in [0, 0.05) is 31.6 Å². The summed E-state index contributed by atoms with van der Waals surface area (Å²) in [5, 5.41) is 9.24. The number of imide groups is 2. The molecular formula is C41H43N3O6. The van der Waals surface area contributed by atoms with Crippen LogP contribution in [0.25, 0.3) is 0 Å². The van der Waals surface area contributed by atoms with Crippen molar-refractivity contribution in [3.8, 4) is 5.75 Å². The molecule has 0 aromatic heterocycles. The number of fused-ring (bicyclic) bond motifs is 4. The summed E-state index contributed by atoms with van der Waals surface area (Å²) in [4.78, 5) is 62.9. The van der Waals surface area contributed by atoms with Crippen molar-refractivity contribution in [1.82, 2.24) is 9.80 Å². The van der Waals surface area contributed by atoms with Crippen LogP contribution in [0.1, 0.15) is 49.7 Å². The number of piperidine rings is 1. The summed E-state index contributed by atoms with van der Waals surface area (Å²) in [6.07, 6.45) is 4.36. The van der Waals surface area contributed by atoms with Crippen LogP contribution in [-0.4, -0.2) is 70.9 Å². The molecule has 9 nitrogen and oxygen atoms in total. The lowest BCUT2D eigenvalue weighted by Gasteiger charge is -2.49. The van der Waals surface area contributed by atoms with Gasteiger partial charge in [-0.25, -0.2) is 4.90 Å². The zero-order chi connectivity index (χ0) is 34.6. The number of para-hydroxylation sites is 1. The Morgan fingerprint density at radius 1 is 0.820 bits per heavy atom. The van der Waals surface area contributed by atoms with E-state index in [-0.39, 0.29) is 48.8 Å². The largest absolute Gasteiger partial charge is 0.491 e. The van der Waals surface area contributed by atoms with Crippen molar-refractivity contribution < 1.29 is 29.0 Å². The van der Waals surface area contributed by atoms with Crippen LogP contribution in [0.15, 0.2) is 96.6 Å². The summed E-state index contributed by atoms with van der Waals surface area (Å²) in [5.74, 6) is -2.61. The Kier molecular flexibility index (Phi) is 8.43. The Morgan fingerprint density at radius 2 is 1.50 bits per heavy atom. The molecule has 9 heteroatoms. The Labute approximate surface area is 292 Å². The standard InChI is InChI=1S/C41H43N3O6/c1-41-34(38(47)44(40(41)49)28-10-6-3-7-11-28)24-33-31(36(41)27-12-14-30(15-13-27)50-23-22-45)16-17-32-35(33)39(48)43(37(32)46)29-18-20-42(21-19-29)25-26-8-4-2-5-9-26/h2-16,29,32-36,45H,17-25H2,1H3. The van der Waals surface area contributed by atoms with E-state index in [2.05, 4.69) is 23.1 Å². The molecule has 0 radical (unpaired) electrons. The summed E-state index contributed by atoms with van der Waals surface area (Å²) in [6, 6.07) is 26.8. The Morgan fingerprint density at radius 3 is 2.18 bits per heavy atom. The first-order valence-corrected chi connectivity index (χ1v) is 17.9. The molecule has 5 aliphatic rings. The first-order valence-electron chi connectivity index (χ1n) is 17.9. The average Bonchev–Trinajstić information content (AvgIpc) is 3.51. The van der Waals surface area contributed by atoms with Gasteiger partial charge in [0.1, 0.15) is 12.4 Å². The van der Waals surface area contributed by atoms with Gasteiger partial charge in [-0.3, -0.25) is 29.0 Å². The van der Waals surface area contributed by atoms with E-state index < -0.39 is 29.1 Å². The Balaban J connectivity index is 1.11. The third-order valence-electron chi connectivity index (χ3n) is 12.1. The summed E-state index contributed by atoms with van der Waals surface area (Å²) in [7, 11) is 0. The predicted octanol–water partition coefficient (Wildman–Crippen LogP) is 4.95. The van der Waals surface area contributed by atoms with Crippen LogP contribution < -0.4 is 9.64 Å². The number of aliphatic hydroxyl groups excluding tert-OH is 1. The number of benzene rings is 3. The third kappa shape index (κ3) is 5.21. The molecule has 1 saturated carbocycles. The normalized spacial score (nSPS) is 29.9. The lowest BCUT2D eigenvalue weighted by Crippen LogP contribution is -2.49. The van der Waals surface area contributed by atoms with Gasteiger partial charge in [0.15, 0.2) is 0 Å². The van der Waals surface area contributed by atoms with E-state index in [4.69, 9.17) is 4.74 Å². The maximum absolute atomic E-state index is 14.6. The fourth-order valence-electron chi connectivity index (χ4n) is 9.70. The predicted molar refractivity (Wildman–Crippen MR) is 187 cm³/mol. The van der Waals surface area contributed by atoms with E-state index >= 15 is 0 Å². The number of allylic oxidation sites excluding steroid dienone is 2. The molecule has 3 aliphatic heterocycles. The van der Waals surface area contributed by atoms with Gasteiger partial charge in [-0.15, -0.1) is 0 Å². The van der Waals surface area contributed by atoms with E-state index in [9.17, 15) is 24.3 Å². The Hall–Kier alpha value is -4.60. The van der Waals surface area contributed by atoms with Gasteiger partial charge in [-0.2, -0.15) is 0 Å². The maximum Gasteiger partial charge on any atom is 0.241 e. The molecule has 2 aliphatic carbocycles. The molecule has 1 N–H and O–H groups in total. The summed E-state index contributed by atoms with van der Waals surface area (Å²) in [5.41, 5.74) is 2.54. The number of aliphatic hydroxyl groups is 1. The topological polar surface area (TPSA) is 107 Å². The first-order chi connectivity index (χ1) is 24.3. The van der Waals surface area contributed by atoms with Crippen molar-refractivity contribution in [2.24, 2.45) is 29.1 Å². The summed E-state index contributed by atoms with van der Waals surface area (Å²) >= 11 is 0. The molecule has 6 unspecified atom stereocenters. The maximum atomic E-state index is 14.6. The molecule has 258 valence electrons. The molecule has 50 heavy (non-hydrogen) atoms. The van der Waals surface area contributed by atoms with Crippen LogP contribution in [0, 0.1) is 29.1 Å². The van der Waals surface area contributed by atoms with Gasteiger partial charge in [0.05, 0.1) is 35.5 Å². The molecule has 3 saturated heterocycles. The summed E-state index contributed by atoms with van der Waals surface area (Å²) in [6.45, 7) is 4.43. The number of hydrogen-bond acceptors (Lipinski definition) is 7. The van der Waals surface area contributed by atoms with Gasteiger partial charge in [-0.05, 0) is 73.9 Å². The molecule has 0 bridgehead atoms. The number of amides is 4. The van der Waals surface area contributed by atoms with Crippen LogP contribution in [0.2, 0.25) is 0 Å². The SMILES string of the molecule is CC12C(=O)N(c3ccccc3)C(=O)C1CC1C(=CCC3C(=O)N(C4CCN(Cc5ccccc5)CC4)C(=O)C31)C2c1ccc(OCCO)cc1. The lowest BCUT2D eigenvalue weighted by molar-refractivity contribution is -0.144. The number of carbonyl (C=O) groups is 4. The van der Waals surface area contributed by atoms with Crippen molar-refractivity contribution in [2.75, 3.05) is 31.2 Å². The minimum atomic E-state index is -1.09. The molecule has 3 heterocycles. The molecule has 4 fully saturated rings. The molecule has 8 rings (SSSR count). The number of hydrogen-bond donors (Lipinski definition) is 1. The number of carbonyl (C=O) groups excluding carboxylic acids is 4. The van der Waals surface area contributed by atoms with Crippen molar-refractivity contribution in [1.29, 1.82) is 0 Å². The fraction of sp³-hybridized carbons (Fsp3) is 0.415. The van der Waals surface area contributed by atoms with Crippen LogP contribution in [0.4, 0.5) is 5.69 Å². The molecule has 3 aromatic rings. The lowest BCUT2D eigenvalue weighted by atomic mass is 9.51. The van der Waals surface area contributed by atoms with Gasteiger partial charge in [0.2, 0.25) is 23.6 Å². The van der Waals surface area contributed by atoms with E-state index in [0.29, 0.717) is 24.3 Å². The zero-order valence-electron chi connectivity index (χ0n) is 28.3. The van der Waals surface area contributed by atoms with Crippen LogP contribution in [0.3, 0.4) is 0 Å². The zero-order valence-corrected chi connectivity index (χ0v) is 28.3. The van der Waals surface area contributed by atoms with E-state index in [0.717, 1.165) is 43.6 Å². The molecule has 6 atom stereocenters. The molecule has 3 aromatic carbocycles. The van der Waals surface area contributed by atoms with Gasteiger partial charge in [0.25, 0.3) is 0 Å². The molecule has 4 amide bonds. The highest BCUT2D eigenvalue weighted by Gasteiger charge is 2.67.